The summed E-state index contributed by atoms with van der Waals surface area (Å²) in [7, 11) is 0. The zero-order chi connectivity index (χ0) is 43.4. The Morgan fingerprint density at radius 3 is 1.08 bits per heavy atom. The molecule has 2 spiro atoms. The highest BCUT2D eigenvalue weighted by Crippen LogP contribution is 2.62. The maximum atomic E-state index is 2.58. The third-order valence-corrected chi connectivity index (χ3v) is 16.2. The predicted molar refractivity (Wildman–Crippen MR) is 278 cm³/mol. The number of anilines is 6. The van der Waals surface area contributed by atoms with E-state index in [9.17, 15) is 0 Å². The number of benzene rings is 10. The Kier molecular flexibility index (Phi) is 8.35. The highest BCUT2D eigenvalue weighted by atomic mass is 15.2. The van der Waals surface area contributed by atoms with Crippen molar-refractivity contribution in [1.82, 2.24) is 0 Å². The Labute approximate surface area is 387 Å². The standard InChI is InChI=1S/C64H50N2/c1-3-19-45(20-4-1)65(59-41-57-61(51-25-9-7-23-49(51)59)53-27-11-13-29-55(53)63(57)35-15-16-36-63)47-33-31-44-40-48(34-32-43(44)39-47)66(46-21-5-2-6-22-46)60-42-58-62(52-26-10-8-24-50(52)60)54-28-12-14-30-56(54)64(58)37-17-18-38-64/h1-14,19-34,39-42H,15-18,35-38H2. The second kappa shape index (κ2) is 14.5. The van der Waals surface area contributed by atoms with Crippen molar-refractivity contribution < 1.29 is 0 Å². The van der Waals surface area contributed by atoms with E-state index in [1.54, 1.807) is 0 Å². The van der Waals surface area contributed by atoms with Gasteiger partial charge in [0, 0.05) is 44.4 Å². The first-order chi connectivity index (χ1) is 32.7. The van der Waals surface area contributed by atoms with Crippen molar-refractivity contribution in [3.63, 3.8) is 0 Å². The monoisotopic (exact) mass is 846 g/mol. The van der Waals surface area contributed by atoms with E-state index >= 15 is 0 Å². The zero-order valence-corrected chi connectivity index (χ0v) is 37.2. The highest BCUT2D eigenvalue weighted by molar-refractivity contribution is 6.12. The van der Waals surface area contributed by atoms with E-state index in [4.69, 9.17) is 0 Å². The highest BCUT2D eigenvalue weighted by Gasteiger charge is 2.47. The van der Waals surface area contributed by atoms with Crippen molar-refractivity contribution in [1.29, 1.82) is 0 Å². The van der Waals surface area contributed by atoms with Crippen LogP contribution in [0, 0.1) is 0 Å². The summed E-state index contributed by atoms with van der Waals surface area (Å²) in [6.45, 7) is 0. The molecule has 0 bridgehead atoms. The number of nitrogens with zero attached hydrogens (tertiary/aromatic N) is 2. The van der Waals surface area contributed by atoms with Crippen LogP contribution in [0.15, 0.2) is 206 Å². The lowest BCUT2D eigenvalue weighted by Gasteiger charge is -2.32. The smallest absolute Gasteiger partial charge is 0.0543 e. The first kappa shape index (κ1) is 37.9. The van der Waals surface area contributed by atoms with Gasteiger partial charge in [0.25, 0.3) is 0 Å². The van der Waals surface area contributed by atoms with Crippen LogP contribution in [0.2, 0.25) is 0 Å². The van der Waals surface area contributed by atoms with Crippen LogP contribution in [0.3, 0.4) is 0 Å². The number of hydrogen-bond donors (Lipinski definition) is 0. The van der Waals surface area contributed by atoms with E-state index < -0.39 is 0 Å². The quantitative estimate of drug-likeness (QED) is 0.164. The molecule has 0 N–H and O–H groups in total. The molecule has 66 heavy (non-hydrogen) atoms. The van der Waals surface area contributed by atoms with E-state index in [2.05, 4.69) is 216 Å². The van der Waals surface area contributed by atoms with Gasteiger partial charge >= 0.3 is 0 Å². The molecule has 10 aromatic rings. The largest absolute Gasteiger partial charge is 0.310 e. The minimum Gasteiger partial charge on any atom is -0.310 e. The fourth-order valence-electron chi connectivity index (χ4n) is 13.5. The molecular weight excluding hydrogens is 797 g/mol. The van der Waals surface area contributed by atoms with Crippen molar-refractivity contribution in [2.45, 2.75) is 62.2 Å². The second-order valence-corrected chi connectivity index (χ2v) is 19.5. The van der Waals surface area contributed by atoms with Crippen LogP contribution < -0.4 is 9.80 Å². The minimum absolute atomic E-state index is 0.0588. The Morgan fingerprint density at radius 2 is 0.652 bits per heavy atom. The van der Waals surface area contributed by atoms with E-state index in [-0.39, 0.29) is 10.8 Å². The van der Waals surface area contributed by atoms with Crippen LogP contribution in [0.1, 0.15) is 73.6 Å². The van der Waals surface area contributed by atoms with Gasteiger partial charge in [-0.25, -0.2) is 0 Å². The average Bonchev–Trinajstić information content (AvgIpc) is 4.19. The summed E-state index contributed by atoms with van der Waals surface area (Å²) in [5.41, 5.74) is 19.0. The van der Waals surface area contributed by atoms with E-state index in [1.807, 2.05) is 0 Å². The van der Waals surface area contributed by atoms with Crippen LogP contribution >= 0.6 is 0 Å². The Bertz CT molecular complexity index is 3320. The maximum Gasteiger partial charge on any atom is 0.0543 e. The molecule has 0 amide bonds. The van der Waals surface area contributed by atoms with E-state index in [1.165, 1.54) is 140 Å². The van der Waals surface area contributed by atoms with Crippen molar-refractivity contribution in [3.8, 4) is 22.3 Å². The zero-order valence-electron chi connectivity index (χ0n) is 37.2. The maximum absolute atomic E-state index is 2.58. The molecule has 10 aromatic carbocycles. The lowest BCUT2D eigenvalue weighted by atomic mass is 9.76. The van der Waals surface area contributed by atoms with Crippen molar-refractivity contribution in [3.05, 3.63) is 229 Å². The van der Waals surface area contributed by atoms with E-state index in [0.717, 1.165) is 22.7 Å². The lowest BCUT2D eigenvalue weighted by molar-refractivity contribution is 0.550. The van der Waals surface area contributed by atoms with Gasteiger partial charge in [-0.2, -0.15) is 0 Å². The van der Waals surface area contributed by atoms with Gasteiger partial charge < -0.3 is 9.80 Å². The molecule has 2 nitrogen and oxygen atoms in total. The predicted octanol–water partition coefficient (Wildman–Crippen LogP) is 17.8. The summed E-state index contributed by atoms with van der Waals surface area (Å²) in [4.78, 5) is 5.04. The Morgan fingerprint density at radius 1 is 0.288 bits per heavy atom. The van der Waals surface area contributed by atoms with Crippen LogP contribution in [-0.4, -0.2) is 0 Å². The van der Waals surface area contributed by atoms with Gasteiger partial charge in [0.1, 0.15) is 0 Å². The number of para-hydroxylation sites is 2. The van der Waals surface area contributed by atoms with Crippen LogP contribution in [-0.2, 0) is 10.8 Å². The van der Waals surface area contributed by atoms with Gasteiger partial charge in [-0.3, -0.25) is 0 Å². The lowest BCUT2D eigenvalue weighted by Crippen LogP contribution is -2.21. The molecule has 2 fully saturated rings. The molecule has 4 aliphatic rings. The fourth-order valence-corrected chi connectivity index (χ4v) is 13.5. The average molecular weight is 847 g/mol. The first-order valence-corrected chi connectivity index (χ1v) is 24.3. The van der Waals surface area contributed by atoms with Crippen LogP contribution in [0.5, 0.6) is 0 Å². The molecule has 316 valence electrons. The molecule has 0 atom stereocenters. The third kappa shape index (κ3) is 5.36. The van der Waals surface area contributed by atoms with Crippen LogP contribution in [0.25, 0.3) is 54.6 Å². The molecule has 0 unspecified atom stereocenters. The van der Waals surface area contributed by atoms with Crippen LogP contribution in [0.4, 0.5) is 34.1 Å². The molecular formula is C64H50N2. The summed E-state index contributed by atoms with van der Waals surface area (Å²) in [5, 5.41) is 7.68. The van der Waals surface area contributed by atoms with Crippen molar-refractivity contribution >= 4 is 66.4 Å². The molecule has 0 saturated heterocycles. The summed E-state index contributed by atoms with van der Waals surface area (Å²) < 4.78 is 0. The van der Waals surface area contributed by atoms with Crippen molar-refractivity contribution in [2.75, 3.05) is 9.80 Å². The molecule has 0 aromatic heterocycles. The summed E-state index contributed by atoms with van der Waals surface area (Å²) in [6.07, 6.45) is 9.88. The Hall–Kier alpha value is -7.42. The van der Waals surface area contributed by atoms with E-state index in [0.29, 0.717) is 0 Å². The second-order valence-electron chi connectivity index (χ2n) is 19.5. The summed E-state index contributed by atoms with van der Waals surface area (Å²) in [6, 6.07) is 78.2. The molecule has 2 heteroatoms. The van der Waals surface area contributed by atoms with Gasteiger partial charge in [-0.05, 0) is 152 Å². The third-order valence-electron chi connectivity index (χ3n) is 16.2. The Balaban J connectivity index is 0.943. The minimum atomic E-state index is 0.0588. The normalized spacial score (nSPS) is 15.9. The molecule has 0 aliphatic heterocycles. The molecule has 0 heterocycles. The summed E-state index contributed by atoms with van der Waals surface area (Å²) >= 11 is 0. The van der Waals surface area contributed by atoms with Gasteiger partial charge in [0.2, 0.25) is 0 Å². The van der Waals surface area contributed by atoms with Gasteiger partial charge in [-0.15, -0.1) is 0 Å². The van der Waals surface area contributed by atoms with Gasteiger partial charge in [0.05, 0.1) is 11.4 Å². The number of hydrogen-bond acceptors (Lipinski definition) is 2. The molecule has 0 radical (unpaired) electrons. The topological polar surface area (TPSA) is 6.48 Å². The van der Waals surface area contributed by atoms with Gasteiger partial charge in [0.15, 0.2) is 0 Å². The molecule has 2 saturated carbocycles. The van der Waals surface area contributed by atoms with Crippen molar-refractivity contribution in [2.24, 2.45) is 0 Å². The SMILES string of the molecule is c1ccc(N(c2ccc3cc(N(c4ccccc4)c4cc5c(c6ccccc46)-c4ccccc4C54CCCC4)ccc3c2)c2cc3c(c4ccccc24)-c2ccccc2C32CCCC2)cc1. The van der Waals surface area contributed by atoms with Gasteiger partial charge in [-0.1, -0.05) is 171 Å². The molecule has 4 aliphatic carbocycles. The number of rotatable bonds is 6. The molecule has 14 rings (SSSR count). The summed E-state index contributed by atoms with van der Waals surface area (Å²) in [5.74, 6) is 0. The number of fused-ring (bicyclic) bond motifs is 15. The first-order valence-electron chi connectivity index (χ1n) is 24.3. The fraction of sp³-hybridized carbons (Fsp3) is 0.156.